The summed E-state index contributed by atoms with van der Waals surface area (Å²) in [4.78, 5) is 11.6. The van der Waals surface area contributed by atoms with Gasteiger partial charge in [-0.15, -0.1) is 0 Å². The standard InChI is InChI=1S/C12H14F3NO2/c1-8(7-18-2)16-11(17)9-3-5-10(6-4-9)12(13,14)15/h3-6,8H,7H2,1-2H3,(H,16,17)/t8-/m1/s1. The molecule has 0 aromatic heterocycles. The Bertz CT molecular complexity index is 401. The number of benzene rings is 1. The average molecular weight is 261 g/mol. The highest BCUT2D eigenvalue weighted by Crippen LogP contribution is 2.29. The summed E-state index contributed by atoms with van der Waals surface area (Å²) in [6.07, 6.45) is -4.39. The number of halogens is 3. The average Bonchev–Trinajstić information content (AvgIpc) is 2.28. The summed E-state index contributed by atoms with van der Waals surface area (Å²) >= 11 is 0. The third-order valence-corrected chi connectivity index (χ3v) is 2.27. The van der Waals surface area contributed by atoms with Crippen LogP contribution in [0.25, 0.3) is 0 Å². The molecular weight excluding hydrogens is 247 g/mol. The van der Waals surface area contributed by atoms with Crippen molar-refractivity contribution < 1.29 is 22.7 Å². The van der Waals surface area contributed by atoms with E-state index in [0.29, 0.717) is 6.61 Å². The number of carbonyl (C=O) groups is 1. The van der Waals surface area contributed by atoms with Gasteiger partial charge >= 0.3 is 6.18 Å². The highest BCUT2D eigenvalue weighted by molar-refractivity contribution is 5.94. The largest absolute Gasteiger partial charge is 0.416 e. The number of methoxy groups -OCH3 is 1. The fraction of sp³-hybridized carbons (Fsp3) is 0.417. The fourth-order valence-electron chi connectivity index (χ4n) is 1.41. The number of hydrogen-bond donors (Lipinski definition) is 1. The molecule has 1 aromatic carbocycles. The number of amides is 1. The van der Waals surface area contributed by atoms with Crippen LogP contribution in [0.15, 0.2) is 24.3 Å². The molecule has 1 N–H and O–H groups in total. The molecule has 0 bridgehead atoms. The van der Waals surface area contributed by atoms with Crippen molar-refractivity contribution in [1.82, 2.24) is 5.32 Å². The minimum Gasteiger partial charge on any atom is -0.383 e. The van der Waals surface area contributed by atoms with Crippen molar-refractivity contribution in [3.63, 3.8) is 0 Å². The third-order valence-electron chi connectivity index (χ3n) is 2.27. The molecule has 0 aliphatic carbocycles. The lowest BCUT2D eigenvalue weighted by molar-refractivity contribution is -0.137. The van der Waals surface area contributed by atoms with Gasteiger partial charge in [-0.3, -0.25) is 4.79 Å². The van der Waals surface area contributed by atoms with Gasteiger partial charge in [0.2, 0.25) is 0 Å². The van der Waals surface area contributed by atoms with Crippen molar-refractivity contribution >= 4 is 5.91 Å². The maximum Gasteiger partial charge on any atom is 0.416 e. The highest BCUT2D eigenvalue weighted by atomic mass is 19.4. The molecule has 0 aliphatic heterocycles. The first-order valence-corrected chi connectivity index (χ1v) is 5.31. The van der Waals surface area contributed by atoms with Crippen LogP contribution in [0.2, 0.25) is 0 Å². The first kappa shape index (κ1) is 14.5. The molecule has 0 aliphatic rings. The summed E-state index contributed by atoms with van der Waals surface area (Å²) in [6, 6.07) is 3.87. The predicted molar refractivity (Wildman–Crippen MR) is 60.2 cm³/mol. The van der Waals surface area contributed by atoms with Crippen molar-refractivity contribution in [3.8, 4) is 0 Å². The molecular formula is C12H14F3NO2. The van der Waals surface area contributed by atoms with E-state index < -0.39 is 17.6 Å². The van der Waals surface area contributed by atoms with Gasteiger partial charge in [0.05, 0.1) is 12.2 Å². The van der Waals surface area contributed by atoms with E-state index in [1.165, 1.54) is 7.11 Å². The first-order chi connectivity index (χ1) is 8.34. The minimum absolute atomic E-state index is 0.186. The van der Waals surface area contributed by atoms with Crippen LogP contribution in [-0.2, 0) is 10.9 Å². The van der Waals surface area contributed by atoms with Crippen molar-refractivity contribution in [3.05, 3.63) is 35.4 Å². The van der Waals surface area contributed by atoms with E-state index in [0.717, 1.165) is 24.3 Å². The summed E-state index contributed by atoms with van der Waals surface area (Å²) in [5, 5.41) is 2.61. The Morgan fingerprint density at radius 2 is 1.89 bits per heavy atom. The zero-order chi connectivity index (χ0) is 13.8. The number of alkyl halides is 3. The molecule has 6 heteroatoms. The lowest BCUT2D eigenvalue weighted by Crippen LogP contribution is -2.35. The van der Waals surface area contributed by atoms with Crippen molar-refractivity contribution in [2.24, 2.45) is 0 Å². The third kappa shape index (κ3) is 4.03. The molecule has 0 heterocycles. The Balaban J connectivity index is 2.71. The van der Waals surface area contributed by atoms with E-state index in [1.54, 1.807) is 6.92 Å². The van der Waals surface area contributed by atoms with E-state index >= 15 is 0 Å². The predicted octanol–water partition coefficient (Wildman–Crippen LogP) is 2.47. The van der Waals surface area contributed by atoms with Gasteiger partial charge in [0.25, 0.3) is 5.91 Å². The summed E-state index contributed by atoms with van der Waals surface area (Å²) in [5.41, 5.74) is -0.588. The van der Waals surface area contributed by atoms with Gasteiger partial charge in [-0.1, -0.05) is 0 Å². The van der Waals surface area contributed by atoms with Gasteiger partial charge in [0.15, 0.2) is 0 Å². The van der Waals surface area contributed by atoms with Gasteiger partial charge in [-0.05, 0) is 31.2 Å². The summed E-state index contributed by atoms with van der Waals surface area (Å²) < 4.78 is 41.8. The number of nitrogens with one attached hydrogen (secondary N) is 1. The Morgan fingerprint density at radius 3 is 2.33 bits per heavy atom. The maximum absolute atomic E-state index is 12.3. The maximum atomic E-state index is 12.3. The molecule has 1 amide bonds. The van der Waals surface area contributed by atoms with E-state index in [4.69, 9.17) is 4.74 Å². The van der Waals surface area contributed by atoms with Gasteiger partial charge in [-0.25, -0.2) is 0 Å². The number of rotatable bonds is 4. The number of hydrogen-bond acceptors (Lipinski definition) is 2. The zero-order valence-corrected chi connectivity index (χ0v) is 10.0. The normalized spacial score (nSPS) is 13.2. The lowest BCUT2D eigenvalue weighted by Gasteiger charge is -2.13. The molecule has 0 fully saturated rings. The molecule has 1 rings (SSSR count). The molecule has 0 spiro atoms. The van der Waals surface area contributed by atoms with Crippen LogP contribution in [0.1, 0.15) is 22.8 Å². The van der Waals surface area contributed by atoms with Crippen LogP contribution < -0.4 is 5.32 Å². The molecule has 3 nitrogen and oxygen atoms in total. The highest BCUT2D eigenvalue weighted by Gasteiger charge is 2.30. The molecule has 18 heavy (non-hydrogen) atoms. The van der Waals surface area contributed by atoms with Gasteiger partial charge < -0.3 is 10.1 Å². The molecule has 1 aromatic rings. The lowest BCUT2D eigenvalue weighted by atomic mass is 10.1. The van der Waals surface area contributed by atoms with Gasteiger partial charge in [-0.2, -0.15) is 13.2 Å². The summed E-state index contributed by atoms with van der Waals surface area (Å²) in [7, 11) is 1.50. The Kier molecular flexibility index (Phi) is 4.72. The smallest absolute Gasteiger partial charge is 0.383 e. The number of carbonyl (C=O) groups excluding carboxylic acids is 1. The Hall–Kier alpha value is -1.56. The summed E-state index contributed by atoms with van der Waals surface area (Å²) in [6.45, 7) is 2.08. The minimum atomic E-state index is -4.39. The van der Waals surface area contributed by atoms with Crippen LogP contribution in [0.3, 0.4) is 0 Å². The first-order valence-electron chi connectivity index (χ1n) is 5.31. The Labute approximate surface area is 103 Å². The SMILES string of the molecule is COC[C@@H](C)NC(=O)c1ccc(C(F)(F)F)cc1. The van der Waals surface area contributed by atoms with Crippen molar-refractivity contribution in [2.45, 2.75) is 19.1 Å². The van der Waals surface area contributed by atoms with Gasteiger partial charge in [0.1, 0.15) is 0 Å². The van der Waals surface area contributed by atoms with Crippen LogP contribution in [-0.4, -0.2) is 25.7 Å². The van der Waals surface area contributed by atoms with Crippen molar-refractivity contribution in [2.75, 3.05) is 13.7 Å². The van der Waals surface area contributed by atoms with Crippen molar-refractivity contribution in [1.29, 1.82) is 0 Å². The second kappa shape index (κ2) is 5.86. The van der Waals surface area contributed by atoms with Crippen LogP contribution in [0.5, 0.6) is 0 Å². The van der Waals surface area contributed by atoms with Gasteiger partial charge in [0, 0.05) is 18.7 Å². The zero-order valence-electron chi connectivity index (χ0n) is 10.0. The molecule has 0 unspecified atom stereocenters. The van der Waals surface area contributed by atoms with E-state index in [2.05, 4.69) is 5.32 Å². The quantitative estimate of drug-likeness (QED) is 0.904. The molecule has 100 valence electrons. The van der Waals surface area contributed by atoms with E-state index in [1.807, 2.05) is 0 Å². The van der Waals surface area contributed by atoms with E-state index in [-0.39, 0.29) is 11.6 Å². The van der Waals surface area contributed by atoms with Crippen LogP contribution in [0.4, 0.5) is 13.2 Å². The topological polar surface area (TPSA) is 38.3 Å². The summed E-state index contributed by atoms with van der Waals surface area (Å²) in [5.74, 6) is -0.423. The molecule has 1 atom stereocenters. The van der Waals surface area contributed by atoms with Crippen LogP contribution >= 0.6 is 0 Å². The molecule has 0 saturated carbocycles. The monoisotopic (exact) mass is 261 g/mol. The molecule has 0 radical (unpaired) electrons. The number of ether oxygens (including phenoxy) is 1. The van der Waals surface area contributed by atoms with Crippen LogP contribution in [0, 0.1) is 0 Å². The van der Waals surface area contributed by atoms with E-state index in [9.17, 15) is 18.0 Å². The second-order valence-electron chi connectivity index (χ2n) is 3.90. The second-order valence-corrected chi connectivity index (χ2v) is 3.90. The molecule has 0 saturated heterocycles. The Morgan fingerprint density at radius 1 is 1.33 bits per heavy atom. The fourth-order valence-corrected chi connectivity index (χ4v) is 1.41.